The predicted octanol–water partition coefficient (Wildman–Crippen LogP) is 3.61. The van der Waals surface area contributed by atoms with Crippen molar-refractivity contribution in [1.29, 1.82) is 0 Å². The van der Waals surface area contributed by atoms with Crippen molar-refractivity contribution in [3.8, 4) is 11.5 Å². The average molecular weight is 375 g/mol. The zero-order valence-electron chi connectivity index (χ0n) is 12.9. The molecular formula is C14H13Cl2FN4O3. The third-order valence-electron chi connectivity index (χ3n) is 3.07. The highest BCUT2D eigenvalue weighted by Crippen LogP contribution is 2.40. The Kier molecular flexibility index (Phi) is 5.63. The molecule has 0 bridgehead atoms. The smallest absolute Gasteiger partial charge is 0.327 e. The Morgan fingerprint density at radius 2 is 1.88 bits per heavy atom. The van der Waals surface area contributed by atoms with Gasteiger partial charge in [-0.15, -0.1) is 0 Å². The molecule has 1 heterocycles. The van der Waals surface area contributed by atoms with Gasteiger partial charge in [-0.3, -0.25) is 4.90 Å². The van der Waals surface area contributed by atoms with Crippen molar-refractivity contribution >= 4 is 40.7 Å². The highest BCUT2D eigenvalue weighted by Gasteiger charge is 2.22. The summed E-state index contributed by atoms with van der Waals surface area (Å²) in [6.07, 6.45) is 1.20. The molecule has 0 radical (unpaired) electrons. The van der Waals surface area contributed by atoms with Gasteiger partial charge in [-0.05, 0) is 0 Å². The molecular weight excluding hydrogens is 362 g/mol. The van der Waals surface area contributed by atoms with E-state index in [2.05, 4.69) is 15.3 Å². The van der Waals surface area contributed by atoms with E-state index in [1.54, 1.807) is 0 Å². The number of carbonyl (C=O) groups excluding carboxylic acids is 1. The Morgan fingerprint density at radius 1 is 1.21 bits per heavy atom. The van der Waals surface area contributed by atoms with E-state index in [9.17, 15) is 9.18 Å². The van der Waals surface area contributed by atoms with Crippen LogP contribution >= 0.6 is 23.2 Å². The number of anilines is 2. The lowest BCUT2D eigenvalue weighted by atomic mass is 10.2. The van der Waals surface area contributed by atoms with Crippen molar-refractivity contribution in [1.82, 2.24) is 9.97 Å². The van der Waals surface area contributed by atoms with Crippen LogP contribution in [0.25, 0.3) is 0 Å². The minimum Gasteiger partial charge on any atom is -0.495 e. The number of ether oxygens (including phenoxy) is 2. The first-order valence-corrected chi connectivity index (χ1v) is 7.26. The van der Waals surface area contributed by atoms with Crippen LogP contribution in [0.4, 0.5) is 20.7 Å². The van der Waals surface area contributed by atoms with Gasteiger partial charge in [0.2, 0.25) is 0 Å². The lowest BCUT2D eigenvalue weighted by Crippen LogP contribution is -2.32. The fourth-order valence-electron chi connectivity index (χ4n) is 1.80. The summed E-state index contributed by atoms with van der Waals surface area (Å²) in [5.74, 6) is -0.582. The van der Waals surface area contributed by atoms with Gasteiger partial charge in [0, 0.05) is 19.2 Å². The molecule has 0 fully saturated rings. The maximum atomic E-state index is 14.4. The van der Waals surface area contributed by atoms with E-state index in [-0.39, 0.29) is 33.2 Å². The molecule has 1 aromatic heterocycles. The van der Waals surface area contributed by atoms with Gasteiger partial charge in [-0.2, -0.15) is 0 Å². The second kappa shape index (κ2) is 7.50. The maximum absolute atomic E-state index is 14.4. The molecule has 2 aromatic rings. The van der Waals surface area contributed by atoms with Crippen LogP contribution in [0.3, 0.4) is 0 Å². The van der Waals surface area contributed by atoms with Gasteiger partial charge in [0.05, 0.1) is 14.2 Å². The first-order chi connectivity index (χ1) is 11.4. The quantitative estimate of drug-likeness (QED) is 0.827. The van der Waals surface area contributed by atoms with E-state index in [4.69, 9.17) is 32.7 Å². The molecule has 0 saturated carbocycles. The standard InChI is InChI=1S/C14H13Cl2FN4O3/c1-21(10-5-9(15)18-6-19-10)14(22)20-13-11(16)7(23-2)4-8(24-3)12(13)17/h4-6H,1-3H3,(H,20,22). The number of hydrogen-bond donors (Lipinski definition) is 1. The van der Waals surface area contributed by atoms with Crippen molar-refractivity contribution in [2.75, 3.05) is 31.5 Å². The maximum Gasteiger partial charge on any atom is 0.327 e. The van der Waals surface area contributed by atoms with Gasteiger partial charge in [0.1, 0.15) is 33.8 Å². The minimum absolute atomic E-state index is 0.0988. The van der Waals surface area contributed by atoms with Crippen molar-refractivity contribution in [2.45, 2.75) is 0 Å². The topological polar surface area (TPSA) is 76.6 Å². The summed E-state index contributed by atoms with van der Waals surface area (Å²) < 4.78 is 24.3. The van der Waals surface area contributed by atoms with Gasteiger partial charge in [0.25, 0.3) is 0 Å². The largest absolute Gasteiger partial charge is 0.495 e. The minimum atomic E-state index is -0.828. The van der Waals surface area contributed by atoms with E-state index >= 15 is 0 Å². The number of nitrogens with one attached hydrogen (secondary N) is 1. The van der Waals surface area contributed by atoms with Crippen LogP contribution in [0.2, 0.25) is 10.2 Å². The highest BCUT2D eigenvalue weighted by molar-refractivity contribution is 6.35. The van der Waals surface area contributed by atoms with Gasteiger partial charge in [-0.1, -0.05) is 23.2 Å². The Balaban J connectivity index is 2.34. The van der Waals surface area contributed by atoms with Crippen LogP contribution in [-0.4, -0.2) is 37.3 Å². The highest BCUT2D eigenvalue weighted by atomic mass is 35.5. The van der Waals surface area contributed by atoms with E-state index in [0.29, 0.717) is 0 Å². The van der Waals surface area contributed by atoms with Gasteiger partial charge < -0.3 is 14.8 Å². The predicted molar refractivity (Wildman–Crippen MR) is 89.0 cm³/mol. The molecule has 2 amide bonds. The van der Waals surface area contributed by atoms with Crippen LogP contribution < -0.4 is 19.7 Å². The molecule has 0 aliphatic heterocycles. The van der Waals surface area contributed by atoms with Crippen LogP contribution in [0.5, 0.6) is 11.5 Å². The van der Waals surface area contributed by atoms with E-state index in [0.717, 1.165) is 4.90 Å². The Labute approximate surface area is 147 Å². The first-order valence-electron chi connectivity index (χ1n) is 6.51. The second-order valence-electron chi connectivity index (χ2n) is 4.47. The number of urea groups is 1. The lowest BCUT2D eigenvalue weighted by molar-refractivity contribution is 0.257. The van der Waals surface area contributed by atoms with Crippen LogP contribution in [0.15, 0.2) is 18.5 Å². The molecule has 0 saturated heterocycles. The van der Waals surface area contributed by atoms with Gasteiger partial charge in [0.15, 0.2) is 11.6 Å². The van der Waals surface area contributed by atoms with Crippen LogP contribution in [-0.2, 0) is 0 Å². The van der Waals surface area contributed by atoms with Crippen molar-refractivity contribution < 1.29 is 18.7 Å². The van der Waals surface area contributed by atoms with Gasteiger partial charge >= 0.3 is 6.03 Å². The Morgan fingerprint density at radius 3 is 2.46 bits per heavy atom. The summed E-state index contributed by atoms with van der Waals surface area (Å²) in [5.41, 5.74) is -0.273. The number of nitrogens with zero attached hydrogens (tertiary/aromatic N) is 3. The third kappa shape index (κ3) is 3.60. The molecule has 0 atom stereocenters. The summed E-state index contributed by atoms with van der Waals surface area (Å²) in [4.78, 5) is 21.1. The number of methoxy groups -OCH3 is 2. The zero-order chi connectivity index (χ0) is 17.9. The zero-order valence-corrected chi connectivity index (χ0v) is 14.4. The summed E-state index contributed by atoms with van der Waals surface area (Å²) >= 11 is 11.8. The lowest BCUT2D eigenvalue weighted by Gasteiger charge is -2.19. The van der Waals surface area contributed by atoms with Crippen molar-refractivity contribution in [3.05, 3.63) is 34.5 Å². The molecule has 1 aromatic carbocycles. The van der Waals surface area contributed by atoms with Gasteiger partial charge in [-0.25, -0.2) is 19.2 Å². The fourth-order valence-corrected chi connectivity index (χ4v) is 2.20. The Bertz CT molecular complexity index is 748. The van der Waals surface area contributed by atoms with Crippen LogP contribution in [0, 0.1) is 5.82 Å². The number of rotatable bonds is 4. The molecule has 10 heteroatoms. The first kappa shape index (κ1) is 18.0. The summed E-state index contributed by atoms with van der Waals surface area (Å²) in [6, 6.07) is 1.97. The molecule has 0 aliphatic carbocycles. The Hall–Kier alpha value is -2.32. The number of benzene rings is 1. The normalized spacial score (nSPS) is 10.2. The van der Waals surface area contributed by atoms with E-state index in [1.165, 1.54) is 39.7 Å². The number of amides is 2. The summed E-state index contributed by atoms with van der Waals surface area (Å²) in [6.45, 7) is 0. The van der Waals surface area contributed by atoms with E-state index < -0.39 is 11.8 Å². The number of halogens is 3. The number of carbonyl (C=O) groups is 1. The molecule has 0 spiro atoms. The molecule has 128 valence electrons. The number of aromatic nitrogens is 2. The molecule has 24 heavy (non-hydrogen) atoms. The molecule has 0 aliphatic rings. The third-order valence-corrected chi connectivity index (χ3v) is 3.66. The number of hydrogen-bond acceptors (Lipinski definition) is 5. The van der Waals surface area contributed by atoms with E-state index in [1.807, 2.05) is 0 Å². The monoisotopic (exact) mass is 374 g/mol. The fraction of sp³-hybridized carbons (Fsp3) is 0.214. The summed E-state index contributed by atoms with van der Waals surface area (Å²) in [5, 5.41) is 2.42. The summed E-state index contributed by atoms with van der Waals surface area (Å²) in [7, 11) is 4.07. The molecule has 1 N–H and O–H groups in total. The average Bonchev–Trinajstić information content (AvgIpc) is 2.58. The molecule has 2 rings (SSSR count). The molecule has 7 nitrogen and oxygen atoms in total. The van der Waals surface area contributed by atoms with Crippen molar-refractivity contribution in [2.24, 2.45) is 0 Å². The molecule has 0 unspecified atom stereocenters. The SMILES string of the molecule is COc1cc(OC)c(Cl)c(NC(=O)N(C)c2cc(Cl)ncn2)c1F. The van der Waals surface area contributed by atoms with Crippen molar-refractivity contribution in [3.63, 3.8) is 0 Å². The second-order valence-corrected chi connectivity index (χ2v) is 5.24. The van der Waals surface area contributed by atoms with Crippen LogP contribution in [0.1, 0.15) is 0 Å².